The van der Waals surface area contributed by atoms with Gasteiger partial charge in [0.25, 0.3) is 0 Å². The third-order valence-corrected chi connectivity index (χ3v) is 1.82. The molecule has 0 aromatic carbocycles. The van der Waals surface area contributed by atoms with Crippen LogP contribution in [0.3, 0.4) is 0 Å². The zero-order valence-corrected chi connectivity index (χ0v) is 21.0. The number of rotatable bonds is 1. The Morgan fingerprint density at radius 2 is 1.00 bits per heavy atom. The third kappa shape index (κ3) is 6.37. The molecule has 0 amide bonds. The Hall–Kier alpha value is 2.17. The van der Waals surface area contributed by atoms with Gasteiger partial charge in [-0.2, -0.15) is 22.8 Å². The summed E-state index contributed by atoms with van der Waals surface area (Å²) in [7, 11) is 0. The number of aryl methyl sites for hydroxylation is 2. The first kappa shape index (κ1) is 20.5. The van der Waals surface area contributed by atoms with Crippen molar-refractivity contribution in [2.24, 2.45) is 0 Å². The van der Waals surface area contributed by atoms with Crippen molar-refractivity contribution in [1.29, 1.82) is 0 Å². The van der Waals surface area contributed by atoms with E-state index in [4.69, 9.17) is 0 Å². The van der Waals surface area contributed by atoms with E-state index in [0.717, 1.165) is 22.8 Å². The molecule has 2 rings (SSSR count). The SMILES string of the molecule is CC.Cc1ccc(-c2ccc(C)[n-]2)[n-]1.[Rb+].[Rb+]. The molecular weight excluding hydrogens is 343 g/mol. The van der Waals surface area contributed by atoms with Gasteiger partial charge in [0.05, 0.1) is 0 Å². The fourth-order valence-corrected chi connectivity index (χ4v) is 1.21. The molecule has 0 unspecified atom stereocenters. The van der Waals surface area contributed by atoms with Crippen molar-refractivity contribution < 1.29 is 116 Å². The molecule has 0 radical (unpaired) electrons. The zero-order valence-electron chi connectivity index (χ0n) is 11.2. The van der Waals surface area contributed by atoms with Gasteiger partial charge >= 0.3 is 116 Å². The fourth-order valence-electron chi connectivity index (χ4n) is 1.21. The quantitative estimate of drug-likeness (QED) is 0.541. The van der Waals surface area contributed by atoms with Crippen molar-refractivity contribution in [3.05, 3.63) is 35.7 Å². The Kier molecular flexibility index (Phi) is 14.1. The fraction of sp³-hybridized carbons (Fsp3) is 0.333. The van der Waals surface area contributed by atoms with Crippen LogP contribution < -0.4 is 126 Å². The van der Waals surface area contributed by atoms with Gasteiger partial charge in [0.1, 0.15) is 0 Å². The Labute approximate surface area is 196 Å². The van der Waals surface area contributed by atoms with Crippen LogP contribution in [0.2, 0.25) is 0 Å². The largest absolute Gasteiger partial charge is 1.00 e. The molecule has 0 N–H and O–H groups in total. The van der Waals surface area contributed by atoms with Crippen LogP contribution in [0, 0.1) is 13.8 Å². The number of hydrogen-bond donors (Lipinski definition) is 0. The van der Waals surface area contributed by atoms with Crippen molar-refractivity contribution in [2.45, 2.75) is 27.7 Å². The minimum absolute atomic E-state index is 0. The predicted octanol–water partition coefficient (Wildman–Crippen LogP) is -3.08. The molecule has 0 atom stereocenters. The van der Waals surface area contributed by atoms with Crippen LogP contribution >= 0.6 is 0 Å². The standard InChI is InChI=1S/C10H10N2.C2H6.2Rb/c1-7-3-5-9(11-7)10-6-4-8(2)12-10;1-2;;/h3-6H,1-2H3;1-2H3;;/q-2;;2*+1. The van der Waals surface area contributed by atoms with E-state index in [9.17, 15) is 0 Å². The zero-order chi connectivity index (χ0) is 10.6. The van der Waals surface area contributed by atoms with Gasteiger partial charge in [-0.1, -0.05) is 52.0 Å². The average molecular weight is 359 g/mol. The molecule has 0 aliphatic heterocycles. The van der Waals surface area contributed by atoms with Crippen molar-refractivity contribution in [1.82, 2.24) is 9.97 Å². The van der Waals surface area contributed by atoms with Crippen LogP contribution in [0.25, 0.3) is 11.4 Å². The molecule has 0 aliphatic rings. The molecule has 0 spiro atoms. The summed E-state index contributed by atoms with van der Waals surface area (Å²) in [5.41, 5.74) is 4.04. The van der Waals surface area contributed by atoms with Gasteiger partial charge in [0.15, 0.2) is 0 Å². The van der Waals surface area contributed by atoms with Crippen LogP contribution in [-0.2, 0) is 0 Å². The van der Waals surface area contributed by atoms with E-state index in [1.807, 2.05) is 52.0 Å². The second kappa shape index (κ2) is 11.0. The van der Waals surface area contributed by atoms with Crippen LogP contribution in [0.15, 0.2) is 24.3 Å². The monoisotopic (exact) mass is 358 g/mol. The molecule has 0 aliphatic carbocycles. The molecule has 2 aromatic heterocycles. The van der Waals surface area contributed by atoms with E-state index in [1.54, 1.807) is 0 Å². The normalized spacial score (nSPS) is 8.25. The number of hydrogen-bond acceptors (Lipinski definition) is 0. The maximum absolute atomic E-state index is 4.33. The summed E-state index contributed by atoms with van der Waals surface area (Å²) < 4.78 is 0. The van der Waals surface area contributed by atoms with E-state index >= 15 is 0 Å². The minimum atomic E-state index is 0. The van der Waals surface area contributed by atoms with Crippen LogP contribution in [0.5, 0.6) is 0 Å². The summed E-state index contributed by atoms with van der Waals surface area (Å²) >= 11 is 0. The van der Waals surface area contributed by atoms with E-state index < -0.39 is 0 Å². The summed E-state index contributed by atoms with van der Waals surface area (Å²) in [6, 6.07) is 7.99. The maximum atomic E-state index is 4.33. The molecule has 76 valence electrons. The summed E-state index contributed by atoms with van der Waals surface area (Å²) in [6.45, 7) is 7.97. The Balaban J connectivity index is 0. The molecular formula is C12H16N2Rb2. The van der Waals surface area contributed by atoms with Gasteiger partial charge in [0.2, 0.25) is 0 Å². The molecule has 0 saturated carbocycles. The Bertz CT molecular complexity index is 353. The van der Waals surface area contributed by atoms with Gasteiger partial charge in [0, 0.05) is 0 Å². The van der Waals surface area contributed by atoms with Gasteiger partial charge in [-0.3, -0.25) is 0 Å². The first-order chi connectivity index (χ1) is 6.75. The topological polar surface area (TPSA) is 28.2 Å². The smallest absolute Gasteiger partial charge is 0.662 e. The molecule has 0 fully saturated rings. The van der Waals surface area contributed by atoms with Crippen molar-refractivity contribution >= 4 is 0 Å². The van der Waals surface area contributed by atoms with E-state index in [2.05, 4.69) is 9.97 Å². The van der Waals surface area contributed by atoms with E-state index in [-0.39, 0.29) is 116 Å². The third-order valence-electron chi connectivity index (χ3n) is 1.82. The van der Waals surface area contributed by atoms with Crippen molar-refractivity contribution in [2.75, 3.05) is 0 Å². The summed E-state index contributed by atoms with van der Waals surface area (Å²) in [5.74, 6) is 0. The molecule has 2 heterocycles. The first-order valence-electron chi connectivity index (χ1n) is 4.97. The van der Waals surface area contributed by atoms with Gasteiger partial charge < -0.3 is 9.97 Å². The average Bonchev–Trinajstić information content (AvgIpc) is 2.78. The van der Waals surface area contributed by atoms with Crippen LogP contribution in [0.1, 0.15) is 25.2 Å². The van der Waals surface area contributed by atoms with Crippen molar-refractivity contribution in [3.8, 4) is 11.4 Å². The first-order valence-corrected chi connectivity index (χ1v) is 4.97. The Morgan fingerprint density at radius 1 is 0.688 bits per heavy atom. The molecule has 4 heteroatoms. The second-order valence-electron chi connectivity index (χ2n) is 2.94. The summed E-state index contributed by atoms with van der Waals surface area (Å²) in [6.07, 6.45) is 0. The number of aromatic nitrogens is 2. The van der Waals surface area contributed by atoms with E-state index in [1.165, 1.54) is 0 Å². The number of nitrogens with zero attached hydrogens (tertiary/aromatic N) is 2. The second-order valence-corrected chi connectivity index (χ2v) is 2.94. The van der Waals surface area contributed by atoms with Gasteiger partial charge in [-0.25, -0.2) is 0 Å². The van der Waals surface area contributed by atoms with E-state index in [0.29, 0.717) is 0 Å². The molecule has 0 bridgehead atoms. The molecule has 16 heavy (non-hydrogen) atoms. The Morgan fingerprint density at radius 3 is 1.19 bits per heavy atom. The van der Waals surface area contributed by atoms with Gasteiger partial charge in [-0.15, -0.1) is 0 Å². The summed E-state index contributed by atoms with van der Waals surface area (Å²) in [5, 5.41) is 0. The van der Waals surface area contributed by atoms with Gasteiger partial charge in [-0.05, 0) is 0 Å². The minimum Gasteiger partial charge on any atom is -0.662 e. The molecule has 2 aromatic rings. The van der Waals surface area contributed by atoms with Crippen molar-refractivity contribution in [3.63, 3.8) is 0 Å². The molecule has 0 saturated heterocycles. The molecule has 2 nitrogen and oxygen atoms in total. The summed E-state index contributed by atoms with van der Waals surface area (Å²) in [4.78, 5) is 8.66. The van der Waals surface area contributed by atoms with Crippen LogP contribution in [-0.4, -0.2) is 0 Å². The predicted molar refractivity (Wildman–Crippen MR) is 59.3 cm³/mol. The maximum Gasteiger partial charge on any atom is 1.00 e. The van der Waals surface area contributed by atoms with Crippen LogP contribution in [0.4, 0.5) is 0 Å².